The Morgan fingerprint density at radius 1 is 1.17 bits per heavy atom. The summed E-state index contributed by atoms with van der Waals surface area (Å²) < 4.78 is 0. The molecule has 0 spiro atoms. The summed E-state index contributed by atoms with van der Waals surface area (Å²) in [6.45, 7) is 2.25. The highest BCUT2D eigenvalue weighted by Crippen LogP contribution is 2.37. The van der Waals surface area contributed by atoms with E-state index in [-0.39, 0.29) is 5.54 Å². The molecule has 1 heterocycles. The highest BCUT2D eigenvalue weighted by Gasteiger charge is 2.34. The van der Waals surface area contributed by atoms with Crippen LogP contribution in [0.1, 0.15) is 56.9 Å². The number of amides is 2. The summed E-state index contributed by atoms with van der Waals surface area (Å²) in [5.41, 5.74) is 9.18. The van der Waals surface area contributed by atoms with Gasteiger partial charge in [0.15, 0.2) is 0 Å². The number of carbonyl (C=O) groups is 1. The zero-order chi connectivity index (χ0) is 17.0. The minimum atomic E-state index is -0.392. The molecule has 4 heteroatoms. The number of hydrogen-bond donors (Lipinski definition) is 2. The molecule has 24 heavy (non-hydrogen) atoms. The fourth-order valence-corrected chi connectivity index (χ4v) is 4.67. The maximum Gasteiger partial charge on any atom is 0.312 e. The van der Waals surface area contributed by atoms with Crippen molar-refractivity contribution in [2.45, 2.75) is 56.9 Å². The van der Waals surface area contributed by atoms with Gasteiger partial charge in [0.1, 0.15) is 0 Å². The summed E-state index contributed by atoms with van der Waals surface area (Å²) in [4.78, 5) is 11.5. The van der Waals surface area contributed by atoms with Gasteiger partial charge < -0.3 is 11.1 Å². The zero-order valence-corrected chi connectivity index (χ0v) is 15.1. The molecule has 1 aromatic carbocycles. The Morgan fingerprint density at radius 3 is 2.46 bits per heavy atom. The van der Waals surface area contributed by atoms with Crippen LogP contribution < -0.4 is 11.1 Å². The fraction of sp³-hybridized carbons (Fsp3) is 0.450. The molecule has 1 fully saturated rings. The molecular formula is C20H26N2OS. The van der Waals surface area contributed by atoms with Crippen LogP contribution in [0.25, 0.3) is 11.1 Å². The monoisotopic (exact) mass is 342 g/mol. The van der Waals surface area contributed by atoms with Crippen molar-refractivity contribution in [2.24, 2.45) is 5.73 Å². The third-order valence-corrected chi connectivity index (χ3v) is 5.91. The largest absolute Gasteiger partial charge is 0.352 e. The van der Waals surface area contributed by atoms with E-state index in [1.54, 1.807) is 11.3 Å². The van der Waals surface area contributed by atoms with Crippen molar-refractivity contribution in [1.82, 2.24) is 5.32 Å². The number of urea groups is 1. The highest BCUT2D eigenvalue weighted by atomic mass is 32.1. The van der Waals surface area contributed by atoms with Gasteiger partial charge in [0.2, 0.25) is 0 Å². The van der Waals surface area contributed by atoms with Crippen LogP contribution in [0, 0.1) is 0 Å². The van der Waals surface area contributed by atoms with Gasteiger partial charge in [-0.2, -0.15) is 11.3 Å². The van der Waals surface area contributed by atoms with Crippen molar-refractivity contribution >= 4 is 17.4 Å². The van der Waals surface area contributed by atoms with Crippen molar-refractivity contribution in [3.05, 3.63) is 46.7 Å². The second-order valence-corrected chi connectivity index (χ2v) is 7.85. The Kier molecular flexibility index (Phi) is 5.24. The molecule has 0 bridgehead atoms. The number of carbonyl (C=O) groups excluding carboxylic acids is 1. The van der Waals surface area contributed by atoms with Gasteiger partial charge in [-0.05, 0) is 58.7 Å². The van der Waals surface area contributed by atoms with E-state index < -0.39 is 6.03 Å². The van der Waals surface area contributed by atoms with Gasteiger partial charge >= 0.3 is 6.03 Å². The summed E-state index contributed by atoms with van der Waals surface area (Å²) in [5.74, 6) is 0.395. The van der Waals surface area contributed by atoms with E-state index in [9.17, 15) is 4.79 Å². The first-order valence-electron chi connectivity index (χ1n) is 8.78. The number of nitrogens with one attached hydrogen (secondary N) is 1. The number of nitrogens with two attached hydrogens (primary N) is 1. The van der Waals surface area contributed by atoms with Gasteiger partial charge in [-0.15, -0.1) is 0 Å². The van der Waals surface area contributed by atoms with Gasteiger partial charge in [-0.3, -0.25) is 0 Å². The molecule has 3 rings (SSSR count). The number of hydrogen-bond acceptors (Lipinski definition) is 2. The maximum absolute atomic E-state index is 11.5. The molecule has 1 aromatic heterocycles. The standard InChI is InChI=1S/C20H26N2OS/c1-15(13-20(22-19(21)23)10-3-2-4-11-20)16-5-7-17(8-6-16)18-9-12-24-14-18/h5-9,12,14-15H,2-4,10-11,13H2,1H3,(H3,21,22,23). The first kappa shape index (κ1) is 17.0. The lowest BCUT2D eigenvalue weighted by atomic mass is 9.75. The number of thiophene rings is 1. The molecule has 2 aromatic rings. The van der Waals surface area contributed by atoms with E-state index in [0.29, 0.717) is 5.92 Å². The van der Waals surface area contributed by atoms with Gasteiger partial charge in [0.25, 0.3) is 0 Å². The highest BCUT2D eigenvalue weighted by molar-refractivity contribution is 7.08. The third kappa shape index (κ3) is 3.99. The maximum atomic E-state index is 11.5. The minimum Gasteiger partial charge on any atom is -0.352 e. The Hall–Kier alpha value is -1.81. The average Bonchev–Trinajstić information content (AvgIpc) is 3.09. The van der Waals surface area contributed by atoms with E-state index in [0.717, 1.165) is 19.3 Å². The Labute approximate surface area is 148 Å². The van der Waals surface area contributed by atoms with E-state index >= 15 is 0 Å². The van der Waals surface area contributed by atoms with Gasteiger partial charge in [-0.1, -0.05) is 50.5 Å². The molecule has 3 N–H and O–H groups in total. The van der Waals surface area contributed by atoms with Gasteiger partial charge in [0.05, 0.1) is 0 Å². The molecule has 128 valence electrons. The lowest BCUT2D eigenvalue weighted by molar-refractivity contribution is 0.195. The summed E-state index contributed by atoms with van der Waals surface area (Å²) in [7, 11) is 0. The first-order chi connectivity index (χ1) is 11.6. The van der Waals surface area contributed by atoms with Crippen LogP contribution in [0.2, 0.25) is 0 Å². The van der Waals surface area contributed by atoms with Crippen molar-refractivity contribution in [3.8, 4) is 11.1 Å². The van der Waals surface area contributed by atoms with Crippen LogP contribution in [-0.4, -0.2) is 11.6 Å². The van der Waals surface area contributed by atoms with E-state index in [1.165, 1.54) is 36.0 Å². The molecular weight excluding hydrogens is 316 g/mol. The molecule has 1 aliphatic rings. The molecule has 1 saturated carbocycles. The Balaban J connectivity index is 1.72. The molecule has 1 atom stereocenters. The quantitative estimate of drug-likeness (QED) is 0.763. The molecule has 0 radical (unpaired) electrons. The minimum absolute atomic E-state index is 0.129. The molecule has 0 aliphatic heterocycles. The normalized spacial score (nSPS) is 18.0. The Morgan fingerprint density at radius 2 is 1.88 bits per heavy atom. The predicted molar refractivity (Wildman–Crippen MR) is 101 cm³/mol. The number of primary amides is 1. The van der Waals surface area contributed by atoms with Crippen LogP contribution in [0.5, 0.6) is 0 Å². The van der Waals surface area contributed by atoms with Crippen LogP contribution >= 0.6 is 11.3 Å². The van der Waals surface area contributed by atoms with E-state index in [1.807, 2.05) is 0 Å². The second-order valence-electron chi connectivity index (χ2n) is 7.07. The van der Waals surface area contributed by atoms with E-state index in [2.05, 4.69) is 53.3 Å². The third-order valence-electron chi connectivity index (χ3n) is 5.23. The smallest absolute Gasteiger partial charge is 0.312 e. The van der Waals surface area contributed by atoms with Gasteiger partial charge in [0, 0.05) is 5.54 Å². The summed E-state index contributed by atoms with van der Waals surface area (Å²) in [6.07, 6.45) is 6.62. The van der Waals surface area contributed by atoms with Crippen LogP contribution in [0.3, 0.4) is 0 Å². The number of rotatable bonds is 5. The molecule has 2 amide bonds. The predicted octanol–water partition coefficient (Wildman–Crippen LogP) is 5.28. The van der Waals surface area contributed by atoms with E-state index in [4.69, 9.17) is 5.73 Å². The summed E-state index contributed by atoms with van der Waals surface area (Å²) in [6, 6.07) is 10.6. The second kappa shape index (κ2) is 7.39. The zero-order valence-electron chi connectivity index (χ0n) is 14.3. The lowest BCUT2D eigenvalue weighted by Crippen LogP contribution is -2.52. The first-order valence-corrected chi connectivity index (χ1v) is 9.72. The van der Waals surface area contributed by atoms with Crippen LogP contribution in [-0.2, 0) is 0 Å². The van der Waals surface area contributed by atoms with Crippen molar-refractivity contribution in [1.29, 1.82) is 0 Å². The Bertz CT molecular complexity index is 657. The van der Waals surface area contributed by atoms with Crippen molar-refractivity contribution in [2.75, 3.05) is 0 Å². The number of benzene rings is 1. The topological polar surface area (TPSA) is 55.1 Å². The van der Waals surface area contributed by atoms with Crippen molar-refractivity contribution in [3.63, 3.8) is 0 Å². The molecule has 3 nitrogen and oxygen atoms in total. The summed E-state index contributed by atoms with van der Waals surface area (Å²) >= 11 is 1.72. The van der Waals surface area contributed by atoms with Crippen LogP contribution in [0.4, 0.5) is 4.79 Å². The molecule has 1 aliphatic carbocycles. The summed E-state index contributed by atoms with van der Waals surface area (Å²) in [5, 5.41) is 7.35. The van der Waals surface area contributed by atoms with Crippen LogP contribution in [0.15, 0.2) is 41.1 Å². The molecule has 1 unspecified atom stereocenters. The van der Waals surface area contributed by atoms with Crippen molar-refractivity contribution < 1.29 is 4.79 Å². The average molecular weight is 343 g/mol. The SMILES string of the molecule is CC(CC1(NC(N)=O)CCCCC1)c1ccc(-c2ccsc2)cc1. The fourth-order valence-electron chi connectivity index (χ4n) is 4.01. The van der Waals surface area contributed by atoms with Gasteiger partial charge in [-0.25, -0.2) is 4.79 Å². The lowest BCUT2D eigenvalue weighted by Gasteiger charge is -2.39. The molecule has 0 saturated heterocycles.